The molecule has 66 valence electrons. The second-order valence-corrected chi connectivity index (χ2v) is 2.95. The summed E-state index contributed by atoms with van der Waals surface area (Å²) in [6.45, 7) is 0.540. The van der Waals surface area contributed by atoms with Crippen LogP contribution in [-0.4, -0.2) is 52.2 Å². The molecule has 1 aliphatic heterocycles. The first-order chi connectivity index (χ1) is 5.15. The highest BCUT2D eigenvalue weighted by atomic mass is 16.3. The number of piperidine rings is 1. The fourth-order valence-electron chi connectivity index (χ4n) is 1.31. The molecule has 0 unspecified atom stereocenters. The van der Waals surface area contributed by atoms with Crippen LogP contribution in [0.5, 0.6) is 0 Å². The third kappa shape index (κ3) is 1.88. The minimum atomic E-state index is -0.847. The Morgan fingerprint density at radius 1 is 1.36 bits per heavy atom. The summed E-state index contributed by atoms with van der Waals surface area (Å²) in [6.07, 6.45) is -1.69. The predicted octanol–water partition coefficient (Wildman–Crippen LogP) is -2.49. The summed E-state index contributed by atoms with van der Waals surface area (Å²) in [6, 6.07) is 0. The smallest absolute Gasteiger partial charge is 0.0943 e. The lowest BCUT2D eigenvalue weighted by Gasteiger charge is -2.35. The van der Waals surface area contributed by atoms with Gasteiger partial charge in [0.1, 0.15) is 0 Å². The van der Waals surface area contributed by atoms with E-state index in [1.54, 1.807) is 0 Å². The molecule has 0 spiro atoms. The number of hydrogen-bond donors (Lipinski definition) is 4. The van der Waals surface area contributed by atoms with Crippen molar-refractivity contribution in [2.75, 3.05) is 19.7 Å². The normalized spacial score (nSPS) is 40.9. The van der Waals surface area contributed by atoms with E-state index in [4.69, 9.17) is 16.1 Å². The molecule has 5 heteroatoms. The molecule has 0 bridgehead atoms. The number of β-amino-alcohol motifs (C(OH)–C–C–N with tert-alkyl or cyclic N) is 1. The molecular weight excluding hydrogens is 148 g/mol. The first-order valence-corrected chi connectivity index (χ1v) is 3.61. The number of nitrogens with zero attached hydrogens (tertiary/aromatic N) is 1. The molecule has 0 aliphatic carbocycles. The van der Waals surface area contributed by atoms with Gasteiger partial charge in [0, 0.05) is 25.6 Å². The lowest BCUT2D eigenvalue weighted by Crippen LogP contribution is -2.55. The first-order valence-electron chi connectivity index (χ1n) is 3.61. The fraction of sp³-hybridized carbons (Fsp3) is 1.00. The molecule has 0 aromatic heterocycles. The second kappa shape index (κ2) is 3.46. The van der Waals surface area contributed by atoms with E-state index in [0.29, 0.717) is 6.54 Å². The maximum absolute atomic E-state index is 9.26. The summed E-state index contributed by atoms with van der Waals surface area (Å²) in [5, 5.41) is 28.6. The summed E-state index contributed by atoms with van der Waals surface area (Å²) in [7, 11) is 0. The molecular formula is C6H14N2O3. The van der Waals surface area contributed by atoms with Gasteiger partial charge in [-0.25, -0.2) is 5.01 Å². The zero-order chi connectivity index (χ0) is 8.43. The predicted molar refractivity (Wildman–Crippen MR) is 38.3 cm³/mol. The van der Waals surface area contributed by atoms with Crippen LogP contribution in [-0.2, 0) is 0 Å². The molecule has 0 saturated carbocycles. The van der Waals surface area contributed by atoms with Gasteiger partial charge >= 0.3 is 0 Å². The van der Waals surface area contributed by atoms with Crippen molar-refractivity contribution >= 4 is 0 Å². The average molecular weight is 162 g/mol. The van der Waals surface area contributed by atoms with Crippen molar-refractivity contribution in [3.8, 4) is 0 Å². The van der Waals surface area contributed by atoms with Gasteiger partial charge in [-0.1, -0.05) is 0 Å². The summed E-state index contributed by atoms with van der Waals surface area (Å²) in [4.78, 5) is 0. The topological polar surface area (TPSA) is 90.0 Å². The Hall–Kier alpha value is -0.200. The zero-order valence-corrected chi connectivity index (χ0v) is 6.22. The summed E-state index contributed by atoms with van der Waals surface area (Å²) >= 11 is 0. The van der Waals surface area contributed by atoms with Crippen molar-refractivity contribution in [1.29, 1.82) is 0 Å². The minimum Gasteiger partial charge on any atom is -0.396 e. The van der Waals surface area contributed by atoms with E-state index in [1.165, 1.54) is 5.01 Å². The highest BCUT2D eigenvalue weighted by Gasteiger charge is 2.32. The second-order valence-electron chi connectivity index (χ2n) is 2.95. The van der Waals surface area contributed by atoms with Gasteiger partial charge in [-0.3, -0.25) is 5.84 Å². The Bertz CT molecular complexity index is 133. The lowest BCUT2D eigenvalue weighted by molar-refractivity contribution is -0.0865. The van der Waals surface area contributed by atoms with E-state index in [-0.39, 0.29) is 19.1 Å². The van der Waals surface area contributed by atoms with Crippen LogP contribution < -0.4 is 5.84 Å². The molecule has 0 amide bonds. The van der Waals surface area contributed by atoms with Crippen LogP contribution in [0.1, 0.15) is 0 Å². The van der Waals surface area contributed by atoms with E-state index in [1.807, 2.05) is 0 Å². The van der Waals surface area contributed by atoms with E-state index < -0.39 is 12.2 Å². The number of hydrazine groups is 1. The monoisotopic (exact) mass is 162 g/mol. The van der Waals surface area contributed by atoms with Crippen LogP contribution in [0.3, 0.4) is 0 Å². The first kappa shape index (κ1) is 8.89. The van der Waals surface area contributed by atoms with Crippen molar-refractivity contribution in [2.24, 2.45) is 11.8 Å². The third-order valence-electron chi connectivity index (χ3n) is 2.00. The third-order valence-corrected chi connectivity index (χ3v) is 2.00. The van der Waals surface area contributed by atoms with E-state index in [9.17, 15) is 5.11 Å². The Labute approximate surface area is 65.0 Å². The molecule has 5 nitrogen and oxygen atoms in total. The van der Waals surface area contributed by atoms with Crippen LogP contribution >= 0.6 is 0 Å². The maximum Gasteiger partial charge on any atom is 0.0943 e. The Kier molecular flexibility index (Phi) is 2.80. The Balaban J connectivity index is 2.51. The van der Waals surface area contributed by atoms with E-state index in [0.717, 1.165) is 0 Å². The number of rotatable bonds is 1. The van der Waals surface area contributed by atoms with E-state index in [2.05, 4.69) is 0 Å². The Morgan fingerprint density at radius 2 is 2.00 bits per heavy atom. The molecule has 0 aromatic carbocycles. The van der Waals surface area contributed by atoms with E-state index >= 15 is 0 Å². The van der Waals surface area contributed by atoms with Gasteiger partial charge in [0.25, 0.3) is 0 Å². The molecule has 1 aliphatic rings. The van der Waals surface area contributed by atoms with Gasteiger partial charge in [0.2, 0.25) is 0 Å². The number of hydrogen-bond acceptors (Lipinski definition) is 5. The molecule has 0 aromatic rings. The standard InChI is InChI=1S/C6H14N2O3/c7-8-1-4(3-9)6(11)5(10)2-8/h4-6,9-11H,1-3,7H2/t4-,5-,6+/m1/s1. The van der Waals surface area contributed by atoms with Crippen molar-refractivity contribution < 1.29 is 15.3 Å². The van der Waals surface area contributed by atoms with Crippen molar-refractivity contribution in [2.45, 2.75) is 12.2 Å². The quantitative estimate of drug-likeness (QED) is 0.320. The zero-order valence-electron chi connectivity index (χ0n) is 6.22. The SMILES string of the molecule is NN1C[C@H](CO)[C@H](O)[C@H](O)C1. The van der Waals surface area contributed by atoms with Crippen molar-refractivity contribution in [3.05, 3.63) is 0 Å². The molecule has 5 N–H and O–H groups in total. The molecule has 3 atom stereocenters. The summed E-state index contributed by atoms with van der Waals surface area (Å²) < 4.78 is 0. The fourth-order valence-corrected chi connectivity index (χ4v) is 1.31. The largest absolute Gasteiger partial charge is 0.396 e. The Morgan fingerprint density at radius 3 is 2.55 bits per heavy atom. The van der Waals surface area contributed by atoms with Gasteiger partial charge in [0.15, 0.2) is 0 Å². The van der Waals surface area contributed by atoms with Crippen LogP contribution in [0.4, 0.5) is 0 Å². The molecule has 1 saturated heterocycles. The van der Waals surface area contributed by atoms with Crippen LogP contribution in [0.15, 0.2) is 0 Å². The highest BCUT2D eigenvalue weighted by molar-refractivity contribution is 4.83. The van der Waals surface area contributed by atoms with Crippen LogP contribution in [0.2, 0.25) is 0 Å². The van der Waals surface area contributed by atoms with Crippen LogP contribution in [0.25, 0.3) is 0 Å². The van der Waals surface area contributed by atoms with Gasteiger partial charge in [0.05, 0.1) is 12.2 Å². The van der Waals surface area contributed by atoms with Gasteiger partial charge in [-0.05, 0) is 0 Å². The molecule has 1 heterocycles. The number of nitrogens with two attached hydrogens (primary N) is 1. The minimum absolute atomic E-state index is 0.147. The molecule has 11 heavy (non-hydrogen) atoms. The summed E-state index contributed by atoms with van der Waals surface area (Å²) in [5.74, 6) is 5.07. The summed E-state index contributed by atoms with van der Waals surface area (Å²) in [5.41, 5.74) is 0. The van der Waals surface area contributed by atoms with Gasteiger partial charge < -0.3 is 15.3 Å². The molecule has 1 fully saturated rings. The highest BCUT2D eigenvalue weighted by Crippen LogP contribution is 2.14. The average Bonchev–Trinajstić information content (AvgIpc) is 1.96. The number of aliphatic hydroxyl groups is 3. The maximum atomic E-state index is 9.26. The van der Waals surface area contributed by atoms with Crippen molar-refractivity contribution in [3.63, 3.8) is 0 Å². The lowest BCUT2D eigenvalue weighted by atomic mass is 9.94. The number of aliphatic hydroxyl groups excluding tert-OH is 3. The molecule has 1 rings (SSSR count). The van der Waals surface area contributed by atoms with Crippen molar-refractivity contribution in [1.82, 2.24) is 5.01 Å². The van der Waals surface area contributed by atoms with Gasteiger partial charge in [-0.2, -0.15) is 0 Å². The van der Waals surface area contributed by atoms with Crippen LogP contribution in [0, 0.1) is 5.92 Å². The van der Waals surface area contributed by atoms with Gasteiger partial charge in [-0.15, -0.1) is 0 Å². The molecule has 0 radical (unpaired) electrons.